The van der Waals surface area contributed by atoms with Gasteiger partial charge in [0.05, 0.1) is 24.1 Å². The number of nitrogens with zero attached hydrogens (tertiary/aromatic N) is 2. The van der Waals surface area contributed by atoms with Crippen LogP contribution in [0.1, 0.15) is 48.2 Å². The largest absolute Gasteiger partial charge is 0.488 e. The number of anilines is 1. The van der Waals surface area contributed by atoms with Gasteiger partial charge >= 0.3 is 0 Å². The van der Waals surface area contributed by atoms with Crippen LogP contribution in [-0.2, 0) is 4.74 Å². The first kappa shape index (κ1) is 26.6. The fraction of sp³-hybridized carbons (Fsp3) is 0.370. The predicted molar refractivity (Wildman–Crippen MR) is 133 cm³/mol. The van der Waals surface area contributed by atoms with Crippen LogP contribution < -0.4 is 15.8 Å². The molecule has 1 amide bonds. The number of hydrogen-bond donors (Lipinski definition) is 2. The molecule has 7 nitrogen and oxygen atoms in total. The zero-order valence-corrected chi connectivity index (χ0v) is 20.6. The van der Waals surface area contributed by atoms with Crippen molar-refractivity contribution in [2.45, 2.75) is 38.1 Å². The lowest BCUT2D eigenvalue weighted by molar-refractivity contribution is 0.102. The third-order valence-electron chi connectivity index (χ3n) is 6.44. The maximum atomic E-state index is 15.1. The molecule has 0 bridgehead atoms. The van der Waals surface area contributed by atoms with Gasteiger partial charge in [0.1, 0.15) is 29.6 Å². The number of pyridine rings is 2. The normalized spacial score (nSPS) is 19.5. The molecule has 4 rings (SSSR count). The Morgan fingerprint density at radius 2 is 1.86 bits per heavy atom. The Morgan fingerprint density at radius 1 is 1.08 bits per heavy atom. The second kappa shape index (κ2) is 11.7. The van der Waals surface area contributed by atoms with Gasteiger partial charge in [-0.1, -0.05) is 6.92 Å². The lowest BCUT2D eigenvalue weighted by Gasteiger charge is -2.32. The van der Waals surface area contributed by atoms with Crippen LogP contribution in [0.2, 0.25) is 0 Å². The highest BCUT2D eigenvalue weighted by Crippen LogP contribution is 2.38. The molecule has 0 unspecified atom stereocenters. The summed E-state index contributed by atoms with van der Waals surface area (Å²) in [5, 5.41) is 2.77. The summed E-state index contributed by atoms with van der Waals surface area (Å²) >= 11 is 0. The Labute approximate surface area is 213 Å². The van der Waals surface area contributed by atoms with Crippen molar-refractivity contribution in [1.82, 2.24) is 9.97 Å². The van der Waals surface area contributed by atoms with E-state index in [0.717, 1.165) is 49.1 Å². The highest BCUT2D eigenvalue weighted by Gasteiger charge is 2.28. The molecule has 1 aliphatic carbocycles. The first-order valence-corrected chi connectivity index (χ1v) is 12.1. The molecule has 3 atom stereocenters. The molecule has 2 aromatic heterocycles. The van der Waals surface area contributed by atoms with Gasteiger partial charge in [0.15, 0.2) is 11.6 Å². The Kier molecular flexibility index (Phi) is 8.40. The maximum Gasteiger partial charge on any atom is 0.274 e. The second-order valence-electron chi connectivity index (χ2n) is 9.29. The molecule has 1 aliphatic rings. The number of hydrogen-bond acceptors (Lipinski definition) is 6. The quantitative estimate of drug-likeness (QED) is 0.407. The van der Waals surface area contributed by atoms with E-state index in [9.17, 15) is 13.6 Å². The summed E-state index contributed by atoms with van der Waals surface area (Å²) in [6.07, 6.45) is 5.82. The van der Waals surface area contributed by atoms with Gasteiger partial charge in [-0.25, -0.2) is 18.2 Å². The topological polar surface area (TPSA) is 99.4 Å². The molecule has 0 aliphatic heterocycles. The molecule has 1 fully saturated rings. The number of aromatic nitrogens is 2. The van der Waals surface area contributed by atoms with Crippen molar-refractivity contribution in [2.24, 2.45) is 11.7 Å². The number of amides is 1. The van der Waals surface area contributed by atoms with E-state index in [1.165, 1.54) is 13.3 Å². The van der Waals surface area contributed by atoms with E-state index in [-0.39, 0.29) is 36.6 Å². The molecule has 1 saturated carbocycles. The standard InChI is InChI=1S/C27H29F3N4O3/c1-15-11-16(13-17(31)12-15)18-7-8-32-14-22(18)34-27(35)21-5-3-20(29)26(33-21)24-19(28)4-6-23(25(24)30)37-10-9-36-2/h3-8,14-17H,9-13,31H2,1-2H3,(H,34,35)/t15-,16+,17+/m0/s1. The van der Waals surface area contributed by atoms with Crippen LogP contribution in [0.15, 0.2) is 42.7 Å². The average Bonchev–Trinajstić information content (AvgIpc) is 2.86. The Hall–Kier alpha value is -3.50. The number of benzene rings is 1. The van der Waals surface area contributed by atoms with Crippen molar-refractivity contribution in [3.8, 4) is 17.0 Å². The van der Waals surface area contributed by atoms with Crippen molar-refractivity contribution in [1.29, 1.82) is 0 Å². The van der Waals surface area contributed by atoms with E-state index in [1.54, 1.807) is 6.20 Å². The van der Waals surface area contributed by atoms with Crippen LogP contribution in [0, 0.1) is 23.4 Å². The highest BCUT2D eigenvalue weighted by molar-refractivity contribution is 6.03. The van der Waals surface area contributed by atoms with E-state index in [4.69, 9.17) is 15.2 Å². The van der Waals surface area contributed by atoms with Crippen molar-refractivity contribution < 1.29 is 27.4 Å². The Bertz CT molecular complexity index is 1260. The van der Waals surface area contributed by atoms with Gasteiger partial charge in [-0.2, -0.15) is 0 Å². The van der Waals surface area contributed by atoms with Gasteiger partial charge in [-0.3, -0.25) is 9.78 Å². The van der Waals surface area contributed by atoms with Crippen molar-refractivity contribution in [2.75, 3.05) is 25.6 Å². The summed E-state index contributed by atoms with van der Waals surface area (Å²) in [5.41, 5.74) is 6.02. The first-order chi connectivity index (χ1) is 17.8. The van der Waals surface area contributed by atoms with E-state index in [2.05, 4.69) is 22.2 Å². The molecule has 0 radical (unpaired) electrons. The van der Waals surface area contributed by atoms with E-state index < -0.39 is 34.6 Å². The van der Waals surface area contributed by atoms with Crippen LogP contribution in [0.25, 0.3) is 11.3 Å². The van der Waals surface area contributed by atoms with Crippen LogP contribution >= 0.6 is 0 Å². The number of nitrogens with two attached hydrogens (primary N) is 1. The second-order valence-corrected chi connectivity index (χ2v) is 9.29. The van der Waals surface area contributed by atoms with E-state index in [1.807, 2.05) is 6.07 Å². The minimum absolute atomic E-state index is 0.00890. The molecule has 196 valence electrons. The number of methoxy groups -OCH3 is 1. The molecule has 37 heavy (non-hydrogen) atoms. The van der Waals surface area contributed by atoms with Gasteiger partial charge < -0.3 is 20.5 Å². The van der Waals surface area contributed by atoms with Crippen LogP contribution in [0.5, 0.6) is 5.75 Å². The molecule has 3 N–H and O–H groups in total. The number of rotatable bonds is 8. The summed E-state index contributed by atoms with van der Waals surface area (Å²) < 4.78 is 54.6. The molecule has 2 heterocycles. The average molecular weight is 515 g/mol. The van der Waals surface area contributed by atoms with Gasteiger partial charge in [0, 0.05) is 19.3 Å². The fourth-order valence-electron chi connectivity index (χ4n) is 4.80. The van der Waals surface area contributed by atoms with Gasteiger partial charge in [-0.15, -0.1) is 0 Å². The van der Waals surface area contributed by atoms with Gasteiger partial charge in [-0.05, 0) is 67.0 Å². The van der Waals surface area contributed by atoms with E-state index in [0.29, 0.717) is 11.6 Å². The fourth-order valence-corrected chi connectivity index (χ4v) is 4.80. The molecular formula is C27H29F3N4O3. The smallest absolute Gasteiger partial charge is 0.274 e. The number of nitrogens with one attached hydrogen (secondary N) is 1. The Balaban J connectivity index is 1.62. The van der Waals surface area contributed by atoms with Crippen molar-refractivity contribution >= 4 is 11.6 Å². The minimum atomic E-state index is -1.13. The maximum absolute atomic E-state index is 15.1. The van der Waals surface area contributed by atoms with Gasteiger partial charge in [0.25, 0.3) is 5.91 Å². The Morgan fingerprint density at radius 3 is 2.62 bits per heavy atom. The number of carbonyl (C=O) groups excluding carboxylic acids is 1. The zero-order chi connectivity index (χ0) is 26.5. The highest BCUT2D eigenvalue weighted by atomic mass is 19.1. The number of carbonyl (C=O) groups is 1. The summed E-state index contributed by atoms with van der Waals surface area (Å²) in [5.74, 6) is -3.55. The summed E-state index contributed by atoms with van der Waals surface area (Å²) in [6, 6.07) is 6.05. The number of ether oxygens (including phenoxy) is 2. The molecule has 10 heteroatoms. The van der Waals surface area contributed by atoms with Crippen LogP contribution in [0.3, 0.4) is 0 Å². The van der Waals surface area contributed by atoms with Crippen LogP contribution in [0.4, 0.5) is 18.9 Å². The molecule has 0 spiro atoms. The molecular weight excluding hydrogens is 485 g/mol. The van der Waals surface area contributed by atoms with Crippen LogP contribution in [-0.4, -0.2) is 42.2 Å². The summed E-state index contributed by atoms with van der Waals surface area (Å²) in [7, 11) is 1.45. The van der Waals surface area contributed by atoms with Crippen molar-refractivity contribution in [3.05, 3.63) is 71.4 Å². The van der Waals surface area contributed by atoms with Gasteiger partial charge in [0.2, 0.25) is 0 Å². The lowest BCUT2D eigenvalue weighted by Crippen LogP contribution is -2.31. The first-order valence-electron chi connectivity index (χ1n) is 12.1. The lowest BCUT2D eigenvalue weighted by atomic mass is 9.76. The molecule has 0 saturated heterocycles. The van der Waals surface area contributed by atoms with E-state index >= 15 is 4.39 Å². The van der Waals surface area contributed by atoms with Crippen molar-refractivity contribution in [3.63, 3.8) is 0 Å². The SMILES string of the molecule is COCCOc1ccc(F)c(-c2nc(C(=O)Nc3cnccc3[C@@H]3C[C@H](C)C[C@@H](N)C3)ccc2F)c1F. The zero-order valence-electron chi connectivity index (χ0n) is 20.6. The number of halogens is 3. The molecule has 1 aromatic carbocycles. The summed E-state index contributed by atoms with van der Waals surface area (Å²) in [6.45, 7) is 2.33. The minimum Gasteiger partial charge on any atom is -0.488 e. The monoisotopic (exact) mass is 514 g/mol. The predicted octanol–water partition coefficient (Wildman–Crippen LogP) is 5.07. The summed E-state index contributed by atoms with van der Waals surface area (Å²) in [4.78, 5) is 21.2. The third kappa shape index (κ3) is 6.08. The third-order valence-corrected chi connectivity index (χ3v) is 6.44. The molecule has 3 aromatic rings.